The maximum atomic E-state index is 12.4. The third-order valence-electron chi connectivity index (χ3n) is 4.73. The number of hydrogen-bond acceptors (Lipinski definition) is 2. The number of nitrogens with zero attached hydrogens (tertiary/aromatic N) is 1. The van der Waals surface area contributed by atoms with E-state index in [0.29, 0.717) is 6.54 Å². The summed E-state index contributed by atoms with van der Waals surface area (Å²) in [5.41, 5.74) is 3.27. The molecule has 1 saturated heterocycles. The summed E-state index contributed by atoms with van der Waals surface area (Å²) in [6.45, 7) is 6.40. The fraction of sp³-hybridized carbons (Fsp3) is 0.350. The van der Waals surface area contributed by atoms with Gasteiger partial charge in [0.1, 0.15) is 0 Å². The number of anilines is 2. The first-order valence-corrected chi connectivity index (χ1v) is 9.25. The molecule has 2 aromatic carbocycles. The zero-order valence-corrected chi connectivity index (χ0v) is 15.4. The van der Waals surface area contributed by atoms with Gasteiger partial charge >= 0.3 is 0 Å². The van der Waals surface area contributed by atoms with Crippen molar-refractivity contribution in [3.8, 4) is 0 Å². The van der Waals surface area contributed by atoms with Gasteiger partial charge in [-0.2, -0.15) is 0 Å². The summed E-state index contributed by atoms with van der Waals surface area (Å²) < 4.78 is 0. The van der Waals surface area contributed by atoms with Gasteiger partial charge in [0.05, 0.1) is 26.2 Å². The van der Waals surface area contributed by atoms with Gasteiger partial charge in [-0.3, -0.25) is 4.79 Å². The topological polar surface area (TPSA) is 36.8 Å². The molecule has 1 aliphatic rings. The van der Waals surface area contributed by atoms with Crippen molar-refractivity contribution >= 4 is 28.9 Å². The molecule has 1 fully saturated rings. The standard InChI is InChI=1S/C20H24ClN3O/c1-2-16-6-3-4-9-19(16)22-20(25)15-23-10-12-24(13-11-23)18-8-5-7-17(21)14-18/h3-9,14H,2,10-13,15H2,1H3,(H,22,25)/p+1. The Balaban J connectivity index is 1.51. The van der Waals surface area contributed by atoms with E-state index >= 15 is 0 Å². The minimum absolute atomic E-state index is 0.0899. The zero-order valence-electron chi connectivity index (χ0n) is 14.6. The van der Waals surface area contributed by atoms with Crippen molar-refractivity contribution in [3.63, 3.8) is 0 Å². The molecule has 4 nitrogen and oxygen atoms in total. The minimum Gasteiger partial charge on any atom is -0.360 e. The van der Waals surface area contributed by atoms with Crippen molar-refractivity contribution in [3.05, 3.63) is 59.1 Å². The molecule has 1 aliphatic heterocycles. The SMILES string of the molecule is CCc1ccccc1NC(=O)C[NH+]1CCN(c2cccc(Cl)c2)CC1. The number of benzene rings is 2. The first-order chi connectivity index (χ1) is 12.2. The molecule has 1 heterocycles. The number of halogens is 1. The highest BCUT2D eigenvalue weighted by atomic mass is 35.5. The van der Waals surface area contributed by atoms with Gasteiger partial charge in [0.25, 0.3) is 5.91 Å². The molecule has 2 aromatic rings. The van der Waals surface area contributed by atoms with Gasteiger partial charge in [0.15, 0.2) is 6.54 Å². The Morgan fingerprint density at radius 3 is 2.64 bits per heavy atom. The lowest BCUT2D eigenvalue weighted by Gasteiger charge is -2.33. The number of piperazine rings is 1. The van der Waals surface area contributed by atoms with Gasteiger partial charge < -0.3 is 15.1 Å². The van der Waals surface area contributed by atoms with Crippen LogP contribution < -0.4 is 15.1 Å². The van der Waals surface area contributed by atoms with E-state index in [4.69, 9.17) is 11.6 Å². The second-order valence-corrected chi connectivity index (χ2v) is 6.89. The lowest BCUT2D eigenvalue weighted by Crippen LogP contribution is -3.15. The number of nitrogens with one attached hydrogen (secondary N) is 2. The molecule has 1 amide bonds. The zero-order chi connectivity index (χ0) is 17.6. The van der Waals surface area contributed by atoms with Crippen LogP contribution in [0, 0.1) is 0 Å². The maximum Gasteiger partial charge on any atom is 0.279 e. The number of amides is 1. The third kappa shape index (κ3) is 4.74. The minimum atomic E-state index is 0.0899. The fourth-order valence-corrected chi connectivity index (χ4v) is 3.49. The molecule has 132 valence electrons. The van der Waals surface area contributed by atoms with E-state index in [9.17, 15) is 4.79 Å². The lowest BCUT2D eigenvalue weighted by molar-refractivity contribution is -0.892. The largest absolute Gasteiger partial charge is 0.360 e. The summed E-state index contributed by atoms with van der Waals surface area (Å²) in [7, 11) is 0. The maximum absolute atomic E-state index is 12.4. The Kier molecular flexibility index (Phi) is 5.95. The van der Waals surface area contributed by atoms with Crippen molar-refractivity contribution in [1.82, 2.24) is 0 Å². The monoisotopic (exact) mass is 358 g/mol. The Morgan fingerprint density at radius 2 is 1.92 bits per heavy atom. The molecule has 0 unspecified atom stereocenters. The van der Waals surface area contributed by atoms with Crippen molar-refractivity contribution in [2.75, 3.05) is 42.9 Å². The molecular formula is C20H25ClN3O+. The molecule has 0 bridgehead atoms. The van der Waals surface area contributed by atoms with E-state index in [1.54, 1.807) is 0 Å². The van der Waals surface area contributed by atoms with Gasteiger partial charge in [-0.05, 0) is 36.2 Å². The highest BCUT2D eigenvalue weighted by Gasteiger charge is 2.22. The highest BCUT2D eigenvalue weighted by Crippen LogP contribution is 2.19. The number of carbonyl (C=O) groups excluding carboxylic acids is 1. The van der Waals surface area contributed by atoms with E-state index in [2.05, 4.69) is 29.3 Å². The Bertz CT molecular complexity index is 726. The number of quaternary nitrogens is 1. The molecule has 25 heavy (non-hydrogen) atoms. The number of hydrogen-bond donors (Lipinski definition) is 2. The van der Waals surface area contributed by atoms with Crippen LogP contribution in [0.5, 0.6) is 0 Å². The number of aryl methyl sites for hydroxylation is 1. The van der Waals surface area contributed by atoms with Crippen LogP contribution in [-0.4, -0.2) is 38.6 Å². The fourth-order valence-electron chi connectivity index (χ4n) is 3.30. The van der Waals surface area contributed by atoms with Crippen LogP contribution in [0.1, 0.15) is 12.5 Å². The van der Waals surface area contributed by atoms with Crippen LogP contribution >= 0.6 is 11.6 Å². The lowest BCUT2D eigenvalue weighted by atomic mass is 10.1. The Hall–Kier alpha value is -2.04. The summed E-state index contributed by atoms with van der Waals surface area (Å²) in [4.78, 5) is 16.0. The highest BCUT2D eigenvalue weighted by molar-refractivity contribution is 6.30. The van der Waals surface area contributed by atoms with Crippen LogP contribution in [-0.2, 0) is 11.2 Å². The first kappa shape index (κ1) is 17.8. The molecular weight excluding hydrogens is 334 g/mol. The summed E-state index contributed by atoms with van der Waals surface area (Å²) in [5.74, 6) is 0.0899. The predicted molar refractivity (Wildman–Crippen MR) is 104 cm³/mol. The number of para-hydroxylation sites is 1. The number of carbonyl (C=O) groups is 1. The molecule has 2 N–H and O–H groups in total. The quantitative estimate of drug-likeness (QED) is 0.860. The van der Waals surface area contributed by atoms with Gasteiger partial charge in [-0.25, -0.2) is 0 Å². The average Bonchev–Trinajstić information content (AvgIpc) is 2.63. The average molecular weight is 359 g/mol. The van der Waals surface area contributed by atoms with Crippen LogP contribution in [0.15, 0.2) is 48.5 Å². The predicted octanol–water partition coefficient (Wildman–Crippen LogP) is 2.25. The molecule has 0 aromatic heterocycles. The van der Waals surface area contributed by atoms with E-state index < -0.39 is 0 Å². The molecule has 0 saturated carbocycles. The molecule has 0 radical (unpaired) electrons. The number of rotatable bonds is 5. The summed E-state index contributed by atoms with van der Waals surface area (Å²) in [5, 5.41) is 3.83. The van der Waals surface area contributed by atoms with Crippen LogP contribution in [0.4, 0.5) is 11.4 Å². The first-order valence-electron chi connectivity index (χ1n) is 8.87. The van der Waals surface area contributed by atoms with Crippen molar-refractivity contribution < 1.29 is 9.69 Å². The Morgan fingerprint density at radius 1 is 1.16 bits per heavy atom. The molecule has 0 atom stereocenters. The second kappa shape index (κ2) is 8.37. The van der Waals surface area contributed by atoms with E-state index in [1.165, 1.54) is 10.5 Å². The van der Waals surface area contributed by atoms with Gasteiger partial charge in [-0.15, -0.1) is 0 Å². The Labute approximate surface area is 154 Å². The van der Waals surface area contributed by atoms with E-state index in [-0.39, 0.29) is 5.91 Å². The van der Waals surface area contributed by atoms with Crippen LogP contribution in [0.3, 0.4) is 0 Å². The molecule has 3 rings (SSSR count). The van der Waals surface area contributed by atoms with Crippen LogP contribution in [0.2, 0.25) is 5.02 Å². The third-order valence-corrected chi connectivity index (χ3v) is 4.96. The summed E-state index contributed by atoms with van der Waals surface area (Å²) >= 11 is 6.08. The van der Waals surface area contributed by atoms with E-state index in [0.717, 1.165) is 49.0 Å². The second-order valence-electron chi connectivity index (χ2n) is 6.45. The smallest absolute Gasteiger partial charge is 0.279 e. The normalized spacial score (nSPS) is 15.2. The summed E-state index contributed by atoms with van der Waals surface area (Å²) in [6, 6.07) is 16.0. The van der Waals surface area contributed by atoms with Crippen molar-refractivity contribution in [1.29, 1.82) is 0 Å². The van der Waals surface area contributed by atoms with Gasteiger partial charge in [-0.1, -0.05) is 42.8 Å². The van der Waals surface area contributed by atoms with Crippen molar-refractivity contribution in [2.45, 2.75) is 13.3 Å². The molecule has 0 aliphatic carbocycles. The summed E-state index contributed by atoms with van der Waals surface area (Å²) in [6.07, 6.45) is 0.918. The van der Waals surface area contributed by atoms with Gasteiger partial charge in [0.2, 0.25) is 0 Å². The molecule has 0 spiro atoms. The van der Waals surface area contributed by atoms with Crippen LogP contribution in [0.25, 0.3) is 0 Å². The van der Waals surface area contributed by atoms with Crippen molar-refractivity contribution in [2.24, 2.45) is 0 Å². The molecule has 5 heteroatoms. The van der Waals surface area contributed by atoms with E-state index in [1.807, 2.05) is 36.4 Å². The van der Waals surface area contributed by atoms with Gasteiger partial charge in [0, 0.05) is 16.4 Å².